The van der Waals surface area contributed by atoms with E-state index in [1.54, 1.807) is 22.7 Å². The fraction of sp³-hybridized carbons (Fsp3) is 0.611. The van der Waals surface area contributed by atoms with Crippen molar-refractivity contribution in [3.05, 3.63) is 27.2 Å². The molecule has 3 rings (SSSR count). The summed E-state index contributed by atoms with van der Waals surface area (Å²) < 4.78 is 0. The average molecular weight is 521 g/mol. The summed E-state index contributed by atoms with van der Waals surface area (Å²) >= 11 is 3.45. The highest BCUT2D eigenvalue weighted by Gasteiger charge is 2.15. The lowest BCUT2D eigenvalue weighted by Gasteiger charge is -2.21. The van der Waals surface area contributed by atoms with Crippen LogP contribution in [0.5, 0.6) is 0 Å². The van der Waals surface area contributed by atoms with Crippen LogP contribution in [0.25, 0.3) is 0 Å². The maximum Gasteiger partial charge on any atom is 0.194 e. The van der Waals surface area contributed by atoms with Crippen LogP contribution < -0.4 is 10.2 Å². The molecule has 27 heavy (non-hydrogen) atoms. The van der Waals surface area contributed by atoms with Gasteiger partial charge in [-0.3, -0.25) is 4.99 Å². The third-order valence-corrected chi connectivity index (χ3v) is 6.08. The molecule has 1 N–H and O–H groups in total. The van der Waals surface area contributed by atoms with E-state index in [0.717, 1.165) is 61.5 Å². The molecule has 0 spiro atoms. The van der Waals surface area contributed by atoms with Gasteiger partial charge >= 0.3 is 0 Å². The first-order valence-electron chi connectivity index (χ1n) is 9.25. The van der Waals surface area contributed by atoms with Crippen LogP contribution in [0.4, 0.5) is 5.13 Å². The topological polar surface area (TPSA) is 56.7 Å². The van der Waals surface area contributed by atoms with Crippen molar-refractivity contribution in [1.82, 2.24) is 20.2 Å². The number of aromatic nitrogens is 2. The smallest absolute Gasteiger partial charge is 0.194 e. The normalized spacial score (nSPS) is 14.3. The molecule has 2 aromatic rings. The zero-order valence-electron chi connectivity index (χ0n) is 16.3. The van der Waals surface area contributed by atoms with Gasteiger partial charge in [-0.25, -0.2) is 9.97 Å². The van der Waals surface area contributed by atoms with Gasteiger partial charge in [0.2, 0.25) is 0 Å². The maximum atomic E-state index is 4.78. The Morgan fingerprint density at radius 1 is 1.22 bits per heavy atom. The lowest BCUT2D eigenvalue weighted by molar-refractivity contribution is 0.471. The molecule has 0 aliphatic carbocycles. The predicted octanol–water partition coefficient (Wildman–Crippen LogP) is 3.77. The Morgan fingerprint density at radius 3 is 2.63 bits per heavy atom. The Balaban J connectivity index is 0.00000261. The first-order valence-corrected chi connectivity index (χ1v) is 11.0. The lowest BCUT2D eigenvalue weighted by Crippen LogP contribution is -2.38. The number of aliphatic imine (C=N–C) groups is 1. The molecule has 0 bridgehead atoms. The van der Waals surface area contributed by atoms with Crippen molar-refractivity contribution >= 4 is 57.7 Å². The lowest BCUT2D eigenvalue weighted by atomic mass is 10.3. The highest BCUT2D eigenvalue weighted by atomic mass is 127. The number of thiazole rings is 2. The van der Waals surface area contributed by atoms with Crippen molar-refractivity contribution < 1.29 is 0 Å². The summed E-state index contributed by atoms with van der Waals surface area (Å²) in [5.74, 6) is 0.924. The van der Waals surface area contributed by atoms with E-state index in [1.165, 1.54) is 18.0 Å². The van der Waals surface area contributed by atoms with E-state index >= 15 is 0 Å². The maximum absolute atomic E-state index is 4.78. The number of anilines is 1. The van der Waals surface area contributed by atoms with Crippen molar-refractivity contribution in [2.45, 2.75) is 39.7 Å². The minimum absolute atomic E-state index is 0. The van der Waals surface area contributed by atoms with Crippen LogP contribution in [0.2, 0.25) is 0 Å². The fourth-order valence-corrected chi connectivity index (χ4v) is 4.53. The Labute approximate surface area is 187 Å². The van der Waals surface area contributed by atoms with Gasteiger partial charge in [-0.15, -0.1) is 46.7 Å². The van der Waals surface area contributed by atoms with Crippen LogP contribution in [0.15, 0.2) is 15.8 Å². The number of nitrogens with zero attached hydrogens (tertiary/aromatic N) is 5. The second kappa shape index (κ2) is 11.2. The van der Waals surface area contributed by atoms with Crippen LogP contribution in [0.3, 0.4) is 0 Å². The van der Waals surface area contributed by atoms with Gasteiger partial charge in [-0.05, 0) is 26.7 Å². The van der Waals surface area contributed by atoms with Gasteiger partial charge in [-0.1, -0.05) is 0 Å². The Morgan fingerprint density at radius 2 is 1.96 bits per heavy atom. The van der Waals surface area contributed by atoms with E-state index in [9.17, 15) is 0 Å². The molecule has 1 saturated heterocycles. The molecule has 0 saturated carbocycles. The molecular formula is C18H29IN6S2. The Hall–Kier alpha value is -0.940. The molecule has 0 aromatic carbocycles. The third kappa shape index (κ3) is 6.56. The molecule has 0 radical (unpaired) electrons. The van der Waals surface area contributed by atoms with E-state index in [4.69, 9.17) is 9.98 Å². The monoisotopic (exact) mass is 520 g/mol. The number of aryl methyl sites for hydroxylation is 1. The average Bonchev–Trinajstić information content (AvgIpc) is 3.35. The highest BCUT2D eigenvalue weighted by molar-refractivity contribution is 14.0. The Bertz CT molecular complexity index is 723. The summed E-state index contributed by atoms with van der Waals surface area (Å²) in [5, 5.41) is 9.94. The standard InChI is InChI=1S/C18H28N6S2.HI/c1-4-19-17(23(3)11-16-13-25-14(2)21-16)20-8-7-15-12-26-18(22-15)24-9-5-6-10-24;/h12-13H,4-11H2,1-3H3,(H,19,20);1H. The molecule has 6 nitrogen and oxygen atoms in total. The van der Waals surface area contributed by atoms with Gasteiger partial charge in [-0.2, -0.15) is 0 Å². The van der Waals surface area contributed by atoms with Crippen molar-refractivity contribution in [2.24, 2.45) is 4.99 Å². The molecule has 1 aliphatic heterocycles. The van der Waals surface area contributed by atoms with Crippen LogP contribution in [-0.4, -0.2) is 54.1 Å². The van der Waals surface area contributed by atoms with Crippen molar-refractivity contribution in [2.75, 3.05) is 38.1 Å². The number of hydrogen-bond acceptors (Lipinski definition) is 6. The van der Waals surface area contributed by atoms with Crippen LogP contribution in [0, 0.1) is 6.92 Å². The molecular weight excluding hydrogens is 491 g/mol. The first-order chi connectivity index (χ1) is 12.7. The highest BCUT2D eigenvalue weighted by Crippen LogP contribution is 2.24. The number of rotatable bonds is 7. The minimum Gasteiger partial charge on any atom is -0.357 e. The second-order valence-corrected chi connectivity index (χ2v) is 8.41. The minimum atomic E-state index is 0. The molecule has 9 heteroatoms. The number of halogens is 1. The third-order valence-electron chi connectivity index (χ3n) is 4.31. The summed E-state index contributed by atoms with van der Waals surface area (Å²) in [6.07, 6.45) is 3.45. The molecule has 1 fully saturated rings. The number of hydrogen-bond donors (Lipinski definition) is 1. The number of nitrogens with one attached hydrogen (secondary N) is 1. The van der Waals surface area contributed by atoms with Crippen LogP contribution in [-0.2, 0) is 13.0 Å². The molecule has 0 atom stereocenters. The van der Waals surface area contributed by atoms with Gasteiger partial charge in [0.05, 0.1) is 22.9 Å². The molecule has 3 heterocycles. The fourth-order valence-electron chi connectivity index (χ4n) is 3.01. The summed E-state index contributed by atoms with van der Waals surface area (Å²) in [6, 6.07) is 0. The zero-order chi connectivity index (χ0) is 18.4. The van der Waals surface area contributed by atoms with Gasteiger partial charge < -0.3 is 15.1 Å². The first kappa shape index (κ1) is 22.4. The summed E-state index contributed by atoms with van der Waals surface area (Å²) in [7, 11) is 2.06. The zero-order valence-corrected chi connectivity index (χ0v) is 20.2. The quantitative estimate of drug-likeness (QED) is 0.342. The SMILES string of the molecule is CCNC(=NCCc1csc(N2CCCC2)n1)N(C)Cc1csc(C)n1.I. The Kier molecular flexibility index (Phi) is 9.24. The van der Waals surface area contributed by atoms with Crippen molar-refractivity contribution in [3.8, 4) is 0 Å². The molecule has 0 amide bonds. The largest absolute Gasteiger partial charge is 0.357 e. The van der Waals surface area contributed by atoms with Crippen molar-refractivity contribution in [1.29, 1.82) is 0 Å². The molecule has 1 aliphatic rings. The summed E-state index contributed by atoms with van der Waals surface area (Å²) in [4.78, 5) is 18.6. The van der Waals surface area contributed by atoms with Crippen LogP contribution >= 0.6 is 46.7 Å². The predicted molar refractivity (Wildman–Crippen MR) is 127 cm³/mol. The molecule has 2 aromatic heterocycles. The van der Waals surface area contributed by atoms with Gasteiger partial charge in [0.1, 0.15) is 0 Å². The van der Waals surface area contributed by atoms with Crippen molar-refractivity contribution in [3.63, 3.8) is 0 Å². The van der Waals surface area contributed by atoms with Gasteiger partial charge in [0, 0.05) is 50.4 Å². The number of guanidine groups is 1. The summed E-state index contributed by atoms with van der Waals surface area (Å²) in [6.45, 7) is 8.80. The molecule has 150 valence electrons. The van der Waals surface area contributed by atoms with E-state index < -0.39 is 0 Å². The molecule has 0 unspecified atom stereocenters. The van der Waals surface area contributed by atoms with E-state index in [0.29, 0.717) is 0 Å². The van der Waals surface area contributed by atoms with E-state index in [-0.39, 0.29) is 24.0 Å². The van der Waals surface area contributed by atoms with E-state index in [2.05, 4.69) is 44.8 Å². The second-order valence-electron chi connectivity index (χ2n) is 6.52. The van der Waals surface area contributed by atoms with E-state index in [1.807, 2.05) is 6.92 Å². The van der Waals surface area contributed by atoms with Gasteiger partial charge in [0.25, 0.3) is 0 Å². The van der Waals surface area contributed by atoms with Gasteiger partial charge in [0.15, 0.2) is 11.1 Å². The van der Waals surface area contributed by atoms with Crippen LogP contribution in [0.1, 0.15) is 36.2 Å². The summed E-state index contributed by atoms with van der Waals surface area (Å²) in [5.41, 5.74) is 2.24.